The number of aryl methyl sites for hydroxylation is 1. The molecule has 10 heteroatoms. The van der Waals surface area contributed by atoms with Crippen LogP contribution in [-0.4, -0.2) is 30.5 Å². The van der Waals surface area contributed by atoms with E-state index < -0.39 is 12.0 Å². The highest BCUT2D eigenvalue weighted by Gasteiger charge is 2.33. The number of esters is 1. The third-order valence-electron chi connectivity index (χ3n) is 7.31. The van der Waals surface area contributed by atoms with E-state index in [2.05, 4.69) is 4.99 Å². The third-order valence-corrected chi connectivity index (χ3v) is 8.29. The van der Waals surface area contributed by atoms with Crippen molar-refractivity contribution in [2.24, 2.45) is 4.99 Å². The van der Waals surface area contributed by atoms with Gasteiger partial charge in [0.25, 0.3) is 5.56 Å². The number of carbonyl (C=O) groups is 1. The number of aromatic nitrogens is 1. The topological polar surface area (TPSA) is 97.6 Å². The van der Waals surface area contributed by atoms with Crippen LogP contribution in [0.3, 0.4) is 0 Å². The van der Waals surface area contributed by atoms with Gasteiger partial charge in [0.1, 0.15) is 6.61 Å². The molecule has 0 spiro atoms. The summed E-state index contributed by atoms with van der Waals surface area (Å²) in [5.41, 5.74) is 4.23. The van der Waals surface area contributed by atoms with Gasteiger partial charge in [0, 0.05) is 0 Å². The monoisotopic (exact) mass is 612 g/mol. The fourth-order valence-electron chi connectivity index (χ4n) is 5.20. The molecular formula is C34H32N2O7S. The first kappa shape index (κ1) is 29.3. The van der Waals surface area contributed by atoms with E-state index >= 15 is 0 Å². The van der Waals surface area contributed by atoms with Gasteiger partial charge < -0.3 is 23.7 Å². The molecule has 1 atom stereocenters. The highest BCUT2D eigenvalue weighted by Crippen LogP contribution is 2.34. The van der Waals surface area contributed by atoms with E-state index in [1.165, 1.54) is 11.3 Å². The Kier molecular flexibility index (Phi) is 8.25. The van der Waals surface area contributed by atoms with Crippen LogP contribution in [0.4, 0.5) is 0 Å². The van der Waals surface area contributed by atoms with Crippen LogP contribution in [-0.2, 0) is 16.1 Å². The van der Waals surface area contributed by atoms with E-state index in [0.717, 1.165) is 28.0 Å². The zero-order chi connectivity index (χ0) is 30.8. The van der Waals surface area contributed by atoms with Gasteiger partial charge in [-0.1, -0.05) is 53.3 Å². The van der Waals surface area contributed by atoms with Crippen molar-refractivity contribution in [3.63, 3.8) is 0 Å². The number of allylic oxidation sites excluding steroid dienone is 1. The zero-order valence-electron chi connectivity index (χ0n) is 24.9. The molecule has 0 fully saturated rings. The second-order valence-electron chi connectivity index (χ2n) is 10.3. The van der Waals surface area contributed by atoms with Crippen molar-refractivity contribution in [1.29, 1.82) is 0 Å². The Morgan fingerprint density at radius 2 is 1.77 bits per heavy atom. The molecule has 9 nitrogen and oxygen atoms in total. The summed E-state index contributed by atoms with van der Waals surface area (Å²) in [6.45, 7) is 8.63. The van der Waals surface area contributed by atoms with Crippen LogP contribution in [0, 0.1) is 6.92 Å². The molecular weight excluding hydrogens is 580 g/mol. The maximum absolute atomic E-state index is 14.0. The van der Waals surface area contributed by atoms with Crippen LogP contribution in [0.1, 0.15) is 49.1 Å². The standard InChI is InChI=1S/C34H32N2O7S/c1-5-39-27-15-22(9-13-25(27)41-18-23-10-14-26-28(16-23)43-19-42-26)17-29-32(37)36-31(24-11-7-20(3)8-12-24)30(33(38)40-6-2)21(4)35-34(36)44-29/h7-17,31H,5-6,18-19H2,1-4H3/b29-17+/t31-/m0/s1. The Morgan fingerprint density at radius 1 is 0.977 bits per heavy atom. The Morgan fingerprint density at radius 3 is 2.55 bits per heavy atom. The van der Waals surface area contributed by atoms with Gasteiger partial charge in [0.15, 0.2) is 27.8 Å². The molecule has 0 saturated carbocycles. The van der Waals surface area contributed by atoms with Crippen molar-refractivity contribution < 1.29 is 28.5 Å². The number of carbonyl (C=O) groups excluding carboxylic acids is 1. The van der Waals surface area contributed by atoms with Crippen molar-refractivity contribution in [1.82, 2.24) is 4.57 Å². The SMILES string of the molecule is CCOC(=O)C1=C(C)N=c2s/c(=C/c3ccc(OCc4ccc5c(c4)OCO5)c(OCC)c3)c(=O)n2[C@H]1c1ccc(C)cc1. The predicted octanol–water partition coefficient (Wildman–Crippen LogP) is 4.81. The van der Waals surface area contributed by atoms with Crippen molar-refractivity contribution in [3.8, 4) is 23.0 Å². The fourth-order valence-corrected chi connectivity index (χ4v) is 6.25. The minimum Gasteiger partial charge on any atom is -0.490 e. The lowest BCUT2D eigenvalue weighted by atomic mass is 9.95. The molecule has 0 saturated heterocycles. The molecule has 2 aliphatic heterocycles. The van der Waals surface area contributed by atoms with Gasteiger partial charge in [-0.25, -0.2) is 9.79 Å². The van der Waals surface area contributed by atoms with Gasteiger partial charge in [-0.05, 0) is 74.7 Å². The normalized spacial score (nSPS) is 15.5. The molecule has 0 unspecified atom stereocenters. The first-order valence-corrected chi connectivity index (χ1v) is 15.2. The van der Waals surface area contributed by atoms with Gasteiger partial charge in [-0.15, -0.1) is 0 Å². The van der Waals surface area contributed by atoms with Crippen LogP contribution in [0.2, 0.25) is 0 Å². The predicted molar refractivity (Wildman–Crippen MR) is 166 cm³/mol. The number of ether oxygens (including phenoxy) is 5. The molecule has 4 aromatic rings. The van der Waals surface area contributed by atoms with E-state index in [4.69, 9.17) is 23.7 Å². The number of rotatable bonds is 9. The van der Waals surface area contributed by atoms with Crippen molar-refractivity contribution in [2.45, 2.75) is 40.3 Å². The highest BCUT2D eigenvalue weighted by atomic mass is 32.1. The largest absolute Gasteiger partial charge is 0.490 e. The summed E-state index contributed by atoms with van der Waals surface area (Å²) >= 11 is 1.28. The lowest BCUT2D eigenvalue weighted by molar-refractivity contribution is -0.139. The highest BCUT2D eigenvalue weighted by molar-refractivity contribution is 7.07. The summed E-state index contributed by atoms with van der Waals surface area (Å²) in [6, 6.07) is 18.4. The maximum Gasteiger partial charge on any atom is 0.338 e. The first-order chi connectivity index (χ1) is 21.4. The van der Waals surface area contributed by atoms with Gasteiger partial charge in [-0.2, -0.15) is 0 Å². The van der Waals surface area contributed by atoms with Crippen molar-refractivity contribution in [3.05, 3.63) is 114 Å². The molecule has 0 bridgehead atoms. The fraction of sp³-hybridized carbons (Fsp3) is 0.265. The molecule has 0 radical (unpaired) electrons. The quantitative estimate of drug-likeness (QED) is 0.250. The molecule has 3 aromatic carbocycles. The molecule has 44 heavy (non-hydrogen) atoms. The second kappa shape index (κ2) is 12.4. The average Bonchev–Trinajstić information content (AvgIpc) is 3.60. The zero-order valence-corrected chi connectivity index (χ0v) is 25.7. The summed E-state index contributed by atoms with van der Waals surface area (Å²) < 4.78 is 30.3. The molecule has 2 aliphatic rings. The molecule has 6 rings (SSSR count). The number of benzene rings is 3. The lowest BCUT2D eigenvalue weighted by Gasteiger charge is -2.24. The van der Waals surface area contributed by atoms with Crippen LogP contribution in [0.15, 0.2) is 81.7 Å². The molecule has 0 N–H and O–H groups in total. The van der Waals surface area contributed by atoms with Gasteiger partial charge >= 0.3 is 5.97 Å². The van der Waals surface area contributed by atoms with E-state index in [1.807, 2.05) is 80.6 Å². The summed E-state index contributed by atoms with van der Waals surface area (Å²) in [4.78, 5) is 32.2. The van der Waals surface area contributed by atoms with E-state index in [1.54, 1.807) is 18.4 Å². The molecule has 0 amide bonds. The van der Waals surface area contributed by atoms with Gasteiger partial charge in [0.2, 0.25) is 6.79 Å². The Bertz CT molecular complexity index is 1940. The van der Waals surface area contributed by atoms with Crippen molar-refractivity contribution >= 4 is 23.4 Å². The molecule has 1 aromatic heterocycles. The van der Waals surface area contributed by atoms with E-state index in [-0.39, 0.29) is 19.0 Å². The van der Waals surface area contributed by atoms with Gasteiger partial charge in [-0.3, -0.25) is 9.36 Å². The second-order valence-corrected chi connectivity index (χ2v) is 11.3. The Balaban J connectivity index is 1.35. The lowest BCUT2D eigenvalue weighted by Crippen LogP contribution is -2.39. The van der Waals surface area contributed by atoms with Crippen LogP contribution < -0.4 is 33.8 Å². The van der Waals surface area contributed by atoms with Crippen LogP contribution >= 0.6 is 11.3 Å². The van der Waals surface area contributed by atoms with Crippen LogP contribution in [0.25, 0.3) is 6.08 Å². The smallest absolute Gasteiger partial charge is 0.338 e. The van der Waals surface area contributed by atoms with E-state index in [9.17, 15) is 9.59 Å². The number of thiazole rings is 1. The number of nitrogens with zero attached hydrogens (tertiary/aromatic N) is 2. The number of hydrogen-bond donors (Lipinski definition) is 0. The van der Waals surface area contributed by atoms with Crippen molar-refractivity contribution in [2.75, 3.05) is 20.0 Å². The number of hydrogen-bond acceptors (Lipinski definition) is 9. The van der Waals surface area contributed by atoms with Crippen LogP contribution in [0.5, 0.6) is 23.0 Å². The summed E-state index contributed by atoms with van der Waals surface area (Å²) in [5.74, 6) is 2.08. The first-order valence-electron chi connectivity index (χ1n) is 14.4. The van der Waals surface area contributed by atoms with Gasteiger partial charge in [0.05, 0.1) is 35.1 Å². The maximum atomic E-state index is 14.0. The summed E-state index contributed by atoms with van der Waals surface area (Å²) in [7, 11) is 0. The average molecular weight is 613 g/mol. The minimum absolute atomic E-state index is 0.215. The Hall–Kier alpha value is -4.83. The third kappa shape index (κ3) is 5.72. The number of fused-ring (bicyclic) bond motifs is 2. The minimum atomic E-state index is -0.654. The summed E-state index contributed by atoms with van der Waals surface area (Å²) in [6.07, 6.45) is 1.81. The molecule has 226 valence electrons. The van der Waals surface area contributed by atoms with E-state index in [0.29, 0.717) is 51.1 Å². The molecule has 3 heterocycles. The summed E-state index contributed by atoms with van der Waals surface area (Å²) in [5, 5.41) is 0. The Labute approximate surface area is 258 Å². The molecule has 0 aliphatic carbocycles.